The number of hydrogen-bond acceptors (Lipinski definition) is 0. The normalized spacial score (nSPS) is 18.1. The summed E-state index contributed by atoms with van der Waals surface area (Å²) in [5.74, 6) is 0.394. The molecule has 0 nitrogen and oxygen atoms in total. The predicted molar refractivity (Wildman–Crippen MR) is 286 cm³/mol. The van der Waals surface area contributed by atoms with E-state index in [1.165, 1.54) is 127 Å². The zero-order chi connectivity index (χ0) is 44.2. The lowest BCUT2D eigenvalue weighted by Gasteiger charge is -2.32. The first-order valence-corrected chi connectivity index (χ1v) is 26.3. The molecule has 0 fully saturated rings. The van der Waals surface area contributed by atoms with Crippen molar-refractivity contribution in [1.29, 1.82) is 0 Å². The Bertz CT molecular complexity index is 3870. The molecule has 0 spiro atoms. The summed E-state index contributed by atoms with van der Waals surface area (Å²) in [6.45, 7) is 12.3. The molecule has 3 aliphatic carbocycles. The van der Waals surface area contributed by atoms with E-state index in [0.717, 1.165) is 6.42 Å². The van der Waals surface area contributed by atoms with E-state index in [1.54, 1.807) is 10.4 Å². The molecule has 2 atom stereocenters. The van der Waals surface area contributed by atoms with Crippen LogP contribution in [-0.2, 0) is 10.8 Å². The van der Waals surface area contributed by atoms with Gasteiger partial charge in [0, 0.05) is 5.41 Å². The highest BCUT2D eigenvalue weighted by molar-refractivity contribution is 6.88. The molecule has 0 saturated heterocycles. The molecular formula is C65H50Si. The molecule has 10 aromatic carbocycles. The van der Waals surface area contributed by atoms with Gasteiger partial charge in [0.1, 0.15) is 8.80 Å². The van der Waals surface area contributed by atoms with Crippen molar-refractivity contribution in [2.24, 2.45) is 5.92 Å². The quantitative estimate of drug-likeness (QED) is 0.123. The van der Waals surface area contributed by atoms with E-state index in [9.17, 15) is 0 Å². The number of benzene rings is 10. The number of hydrogen-bond donors (Lipinski definition) is 0. The lowest BCUT2D eigenvalue weighted by atomic mass is 9.71. The van der Waals surface area contributed by atoms with E-state index >= 15 is 0 Å². The first-order chi connectivity index (χ1) is 32.1. The number of rotatable bonds is 3. The van der Waals surface area contributed by atoms with E-state index in [0.29, 0.717) is 5.92 Å². The Morgan fingerprint density at radius 2 is 1.03 bits per heavy atom. The average Bonchev–Trinajstić information content (AvgIpc) is 3.86. The summed E-state index contributed by atoms with van der Waals surface area (Å²) >= 11 is 0. The lowest BCUT2D eigenvalue weighted by molar-refractivity contribution is 0.418. The molecule has 1 heteroatoms. The second kappa shape index (κ2) is 13.5. The topological polar surface area (TPSA) is 0 Å². The largest absolute Gasteiger partial charge is 0.101 e. The standard InChI is InChI=1S/C65H50Si/c1-64(2)56-19-11-8-16-46(56)48-27-25-43(34-58(48)64)62-51-29-24-42(40-22-23-41-30-38-14-6-7-15-39(38)31-45(41)32-40)33-53(51)63(44-26-28-49-47-17-9-12-20-57(47)65(3,4)59(49)35-44)55-37-61-52(36-54(55)62)50-18-10-13-21-60(50)66(61)5/h6-34,36-37,59,66H,35H2,1-5H3. The van der Waals surface area contributed by atoms with E-state index in [2.05, 4.69) is 222 Å². The van der Waals surface area contributed by atoms with Crippen LogP contribution in [0.15, 0.2) is 188 Å². The van der Waals surface area contributed by atoms with E-state index in [1.807, 2.05) is 0 Å². The van der Waals surface area contributed by atoms with Crippen molar-refractivity contribution in [3.05, 3.63) is 216 Å². The molecule has 66 heavy (non-hydrogen) atoms. The summed E-state index contributed by atoms with van der Waals surface area (Å²) in [5.41, 5.74) is 20.7. The summed E-state index contributed by atoms with van der Waals surface area (Å²) < 4.78 is 0. The third-order valence-electron chi connectivity index (χ3n) is 16.8. The SMILES string of the molecule is C[SiH]1c2ccccc2-c2cc3c(-c4ccc5c(c4)C(C)(C)c4ccccc4-5)c4ccc(-c5ccc6cc7ccccc7cc6c5)cc4c(C4=CC=C5c6ccccc6C(C)(C)C5C4)c3cc21. The highest BCUT2D eigenvalue weighted by atomic mass is 28.3. The second-order valence-electron chi connectivity index (χ2n) is 20.8. The van der Waals surface area contributed by atoms with Crippen LogP contribution in [0.5, 0.6) is 0 Å². The molecule has 0 N–H and O–H groups in total. The molecule has 0 amide bonds. The van der Waals surface area contributed by atoms with E-state index in [4.69, 9.17) is 0 Å². The molecule has 0 bridgehead atoms. The smallest absolute Gasteiger partial charge is 0.0641 e. The van der Waals surface area contributed by atoms with Crippen LogP contribution in [0.3, 0.4) is 0 Å². The molecule has 0 aromatic heterocycles. The van der Waals surface area contributed by atoms with E-state index in [-0.39, 0.29) is 10.8 Å². The monoisotopic (exact) mass is 858 g/mol. The van der Waals surface area contributed by atoms with Crippen molar-refractivity contribution in [3.63, 3.8) is 0 Å². The third kappa shape index (κ3) is 5.21. The molecule has 14 rings (SSSR count). The van der Waals surface area contributed by atoms with Crippen LogP contribution in [0, 0.1) is 5.92 Å². The molecule has 314 valence electrons. The van der Waals surface area contributed by atoms with Gasteiger partial charge in [0.15, 0.2) is 0 Å². The van der Waals surface area contributed by atoms with Crippen LogP contribution < -0.4 is 10.4 Å². The minimum absolute atomic E-state index is 0.0209. The van der Waals surface area contributed by atoms with Gasteiger partial charge in [-0.2, -0.15) is 0 Å². The summed E-state index contributed by atoms with van der Waals surface area (Å²) in [7, 11) is -1.44. The van der Waals surface area contributed by atoms with Gasteiger partial charge in [-0.3, -0.25) is 0 Å². The second-order valence-corrected chi connectivity index (χ2v) is 23.5. The lowest BCUT2D eigenvalue weighted by Crippen LogP contribution is -2.34. The van der Waals surface area contributed by atoms with Gasteiger partial charge >= 0.3 is 0 Å². The van der Waals surface area contributed by atoms with Gasteiger partial charge < -0.3 is 0 Å². The average molecular weight is 859 g/mol. The van der Waals surface area contributed by atoms with Crippen molar-refractivity contribution in [1.82, 2.24) is 0 Å². The summed E-state index contributed by atoms with van der Waals surface area (Å²) in [4.78, 5) is 0. The van der Waals surface area contributed by atoms with Gasteiger partial charge in [0.2, 0.25) is 0 Å². The summed E-state index contributed by atoms with van der Waals surface area (Å²) in [6, 6.07) is 68.1. The summed E-state index contributed by atoms with van der Waals surface area (Å²) in [5, 5.41) is 13.7. The Morgan fingerprint density at radius 1 is 0.409 bits per heavy atom. The van der Waals surface area contributed by atoms with Crippen LogP contribution in [0.2, 0.25) is 6.55 Å². The fraction of sp³-hybridized carbons (Fsp3) is 0.138. The molecule has 0 saturated carbocycles. The Balaban J connectivity index is 1.08. The van der Waals surface area contributed by atoms with Gasteiger partial charge in [0.05, 0.1) is 0 Å². The van der Waals surface area contributed by atoms with Crippen LogP contribution in [-0.4, -0.2) is 8.80 Å². The molecule has 10 aromatic rings. The van der Waals surface area contributed by atoms with Crippen molar-refractivity contribution in [2.45, 2.75) is 51.5 Å². The fourth-order valence-corrected chi connectivity index (χ4v) is 15.9. The molecule has 0 radical (unpaired) electrons. The minimum Gasteiger partial charge on any atom is -0.0641 e. The maximum atomic E-state index is 2.68. The maximum Gasteiger partial charge on any atom is 0.101 e. The zero-order valence-corrected chi connectivity index (χ0v) is 39.4. The van der Waals surface area contributed by atoms with Crippen molar-refractivity contribution in [3.8, 4) is 44.5 Å². The van der Waals surface area contributed by atoms with Crippen LogP contribution in [0.1, 0.15) is 61.9 Å². The maximum absolute atomic E-state index is 2.68. The predicted octanol–water partition coefficient (Wildman–Crippen LogP) is 15.7. The van der Waals surface area contributed by atoms with Gasteiger partial charge in [-0.1, -0.05) is 191 Å². The molecule has 4 aliphatic rings. The third-order valence-corrected chi connectivity index (χ3v) is 19.6. The number of allylic oxidation sites excluding steroid dienone is 4. The van der Waals surface area contributed by atoms with Crippen molar-refractivity contribution < 1.29 is 0 Å². The Morgan fingerprint density at radius 3 is 1.86 bits per heavy atom. The Labute approximate surface area is 389 Å². The summed E-state index contributed by atoms with van der Waals surface area (Å²) in [6.07, 6.45) is 5.99. The zero-order valence-electron chi connectivity index (χ0n) is 38.3. The Kier molecular flexibility index (Phi) is 7.82. The minimum atomic E-state index is -1.44. The van der Waals surface area contributed by atoms with Gasteiger partial charge in [-0.05, 0) is 186 Å². The van der Waals surface area contributed by atoms with Gasteiger partial charge in [-0.15, -0.1) is 0 Å². The molecule has 2 unspecified atom stereocenters. The van der Waals surface area contributed by atoms with Crippen molar-refractivity contribution >= 4 is 73.4 Å². The van der Waals surface area contributed by atoms with Gasteiger partial charge in [0.25, 0.3) is 0 Å². The highest BCUT2D eigenvalue weighted by Crippen LogP contribution is 2.57. The number of fused-ring (bicyclic) bond motifs is 13. The van der Waals surface area contributed by atoms with Crippen LogP contribution in [0.25, 0.3) is 98.7 Å². The fourth-order valence-electron chi connectivity index (χ4n) is 13.3. The highest BCUT2D eigenvalue weighted by Gasteiger charge is 2.44. The van der Waals surface area contributed by atoms with Crippen LogP contribution in [0.4, 0.5) is 0 Å². The molecule has 1 aliphatic heterocycles. The van der Waals surface area contributed by atoms with Crippen LogP contribution >= 0.6 is 0 Å². The first kappa shape index (κ1) is 38.2. The van der Waals surface area contributed by atoms with Crippen molar-refractivity contribution in [2.75, 3.05) is 0 Å². The van der Waals surface area contributed by atoms with Gasteiger partial charge in [-0.25, -0.2) is 0 Å². The molecular weight excluding hydrogens is 809 g/mol. The van der Waals surface area contributed by atoms with E-state index < -0.39 is 8.80 Å². The molecule has 1 heterocycles. The Hall–Kier alpha value is -7.06. The first-order valence-electron chi connectivity index (χ1n) is 24.0.